The average molecular weight is 348 g/mol. The first-order valence-electron chi connectivity index (χ1n) is 6.93. The number of nitrogens with one attached hydrogen (secondary N) is 1. The first kappa shape index (κ1) is 17.6. The molecular formula is C16H16N2O5S. The molecule has 0 saturated heterocycles. The predicted octanol–water partition coefficient (Wildman–Crippen LogP) is 1.44. The van der Waals surface area contributed by atoms with Crippen molar-refractivity contribution in [3.05, 3.63) is 59.7 Å². The van der Waals surface area contributed by atoms with Crippen LogP contribution in [0.3, 0.4) is 0 Å². The lowest BCUT2D eigenvalue weighted by atomic mass is 10.1. The molecule has 126 valence electrons. The van der Waals surface area contributed by atoms with Crippen molar-refractivity contribution in [2.24, 2.45) is 5.14 Å². The van der Waals surface area contributed by atoms with E-state index in [0.29, 0.717) is 5.56 Å². The van der Waals surface area contributed by atoms with Gasteiger partial charge in [-0.05, 0) is 36.8 Å². The molecule has 0 heterocycles. The number of hydrogen-bond acceptors (Lipinski definition) is 5. The minimum absolute atomic E-state index is 0.128. The number of amides is 1. The summed E-state index contributed by atoms with van der Waals surface area (Å²) in [5, 5.41) is 7.46. The van der Waals surface area contributed by atoms with Crippen molar-refractivity contribution in [2.75, 3.05) is 11.9 Å². The number of benzene rings is 2. The normalized spacial score (nSPS) is 10.9. The van der Waals surface area contributed by atoms with E-state index in [1.54, 1.807) is 31.2 Å². The van der Waals surface area contributed by atoms with Crippen molar-refractivity contribution in [1.29, 1.82) is 0 Å². The molecule has 0 fully saturated rings. The molecule has 0 aromatic heterocycles. The van der Waals surface area contributed by atoms with Crippen LogP contribution in [0, 0.1) is 6.92 Å². The lowest BCUT2D eigenvalue weighted by Crippen LogP contribution is -2.21. The summed E-state index contributed by atoms with van der Waals surface area (Å²) in [7, 11) is -3.86. The number of carbonyl (C=O) groups is 2. The van der Waals surface area contributed by atoms with E-state index in [-0.39, 0.29) is 10.6 Å². The summed E-state index contributed by atoms with van der Waals surface area (Å²) in [6, 6.07) is 12.3. The van der Waals surface area contributed by atoms with Crippen LogP contribution in [0.15, 0.2) is 53.4 Å². The Kier molecular flexibility index (Phi) is 5.32. The second-order valence-electron chi connectivity index (χ2n) is 5.01. The van der Waals surface area contributed by atoms with E-state index in [1.165, 1.54) is 24.3 Å². The molecule has 2 aromatic carbocycles. The van der Waals surface area contributed by atoms with E-state index in [2.05, 4.69) is 5.32 Å². The van der Waals surface area contributed by atoms with E-state index in [4.69, 9.17) is 9.88 Å². The van der Waals surface area contributed by atoms with Crippen LogP contribution in [0.4, 0.5) is 5.69 Å². The highest BCUT2D eigenvalue weighted by Gasteiger charge is 2.13. The maximum Gasteiger partial charge on any atom is 0.338 e. The Morgan fingerprint density at radius 1 is 1.12 bits per heavy atom. The number of aryl methyl sites for hydroxylation is 1. The molecule has 2 aromatic rings. The third kappa shape index (κ3) is 4.64. The number of ether oxygens (including phenoxy) is 1. The Morgan fingerprint density at radius 3 is 2.50 bits per heavy atom. The molecule has 0 unspecified atom stereocenters. The summed E-state index contributed by atoms with van der Waals surface area (Å²) in [6.45, 7) is 1.27. The number of rotatable bonds is 5. The van der Waals surface area contributed by atoms with Crippen molar-refractivity contribution in [1.82, 2.24) is 0 Å². The highest BCUT2D eigenvalue weighted by Crippen LogP contribution is 2.14. The van der Waals surface area contributed by atoms with Gasteiger partial charge in [0.15, 0.2) is 6.61 Å². The summed E-state index contributed by atoms with van der Waals surface area (Å²) >= 11 is 0. The molecule has 0 aliphatic carbocycles. The van der Waals surface area contributed by atoms with Crippen molar-refractivity contribution in [3.63, 3.8) is 0 Å². The molecule has 0 atom stereocenters. The molecular weight excluding hydrogens is 332 g/mol. The lowest BCUT2D eigenvalue weighted by Gasteiger charge is -2.08. The SMILES string of the molecule is Cc1ccccc1C(=O)OCC(=O)Nc1cccc(S(N)(=O)=O)c1. The minimum Gasteiger partial charge on any atom is -0.452 e. The molecule has 0 aliphatic heterocycles. The average Bonchev–Trinajstić information content (AvgIpc) is 2.52. The topological polar surface area (TPSA) is 116 Å². The summed E-state index contributed by atoms with van der Waals surface area (Å²) in [4.78, 5) is 23.6. The van der Waals surface area contributed by atoms with Gasteiger partial charge in [0.1, 0.15) is 0 Å². The van der Waals surface area contributed by atoms with Crippen molar-refractivity contribution in [2.45, 2.75) is 11.8 Å². The number of carbonyl (C=O) groups excluding carboxylic acids is 2. The molecule has 2 rings (SSSR count). The maximum atomic E-state index is 11.9. The molecule has 1 amide bonds. The van der Waals surface area contributed by atoms with Crippen LogP contribution >= 0.6 is 0 Å². The molecule has 3 N–H and O–H groups in total. The molecule has 0 bridgehead atoms. The van der Waals surface area contributed by atoms with Gasteiger partial charge in [0.25, 0.3) is 5.91 Å². The third-order valence-electron chi connectivity index (χ3n) is 3.15. The van der Waals surface area contributed by atoms with E-state index < -0.39 is 28.5 Å². The summed E-state index contributed by atoms with van der Waals surface area (Å²) < 4.78 is 27.5. The van der Waals surface area contributed by atoms with Crippen LogP contribution in [-0.4, -0.2) is 26.9 Å². The van der Waals surface area contributed by atoms with Gasteiger partial charge < -0.3 is 10.1 Å². The minimum atomic E-state index is -3.86. The summed E-state index contributed by atoms with van der Waals surface area (Å²) in [5.41, 5.74) is 1.35. The number of esters is 1. The van der Waals surface area contributed by atoms with Gasteiger partial charge in [-0.2, -0.15) is 0 Å². The van der Waals surface area contributed by atoms with Crippen molar-refractivity contribution in [3.8, 4) is 0 Å². The van der Waals surface area contributed by atoms with Crippen molar-refractivity contribution < 1.29 is 22.7 Å². The highest BCUT2D eigenvalue weighted by atomic mass is 32.2. The molecule has 7 nitrogen and oxygen atoms in total. The Morgan fingerprint density at radius 2 is 1.83 bits per heavy atom. The Balaban J connectivity index is 1.97. The molecule has 0 spiro atoms. The third-order valence-corrected chi connectivity index (χ3v) is 4.06. The van der Waals surface area contributed by atoms with Crippen LogP contribution < -0.4 is 10.5 Å². The van der Waals surface area contributed by atoms with Crippen LogP contribution in [0.1, 0.15) is 15.9 Å². The van der Waals surface area contributed by atoms with Gasteiger partial charge >= 0.3 is 5.97 Å². The van der Waals surface area contributed by atoms with E-state index in [0.717, 1.165) is 5.56 Å². The van der Waals surface area contributed by atoms with Crippen LogP contribution in [-0.2, 0) is 19.6 Å². The first-order valence-corrected chi connectivity index (χ1v) is 8.47. The Bertz CT molecular complexity index is 878. The zero-order valence-corrected chi connectivity index (χ0v) is 13.7. The van der Waals surface area contributed by atoms with E-state index in [9.17, 15) is 18.0 Å². The highest BCUT2D eigenvalue weighted by molar-refractivity contribution is 7.89. The molecule has 8 heteroatoms. The number of sulfonamides is 1. The van der Waals surface area contributed by atoms with Crippen LogP contribution in [0.5, 0.6) is 0 Å². The zero-order chi connectivity index (χ0) is 17.7. The van der Waals surface area contributed by atoms with E-state index in [1.807, 2.05) is 0 Å². The van der Waals surface area contributed by atoms with Gasteiger partial charge in [-0.1, -0.05) is 24.3 Å². The number of anilines is 1. The van der Waals surface area contributed by atoms with Crippen LogP contribution in [0.25, 0.3) is 0 Å². The quantitative estimate of drug-likeness (QED) is 0.793. The fourth-order valence-corrected chi connectivity index (χ4v) is 2.52. The van der Waals surface area contributed by atoms with Gasteiger partial charge in [-0.3, -0.25) is 4.79 Å². The van der Waals surface area contributed by atoms with Gasteiger partial charge in [0.05, 0.1) is 10.5 Å². The second kappa shape index (κ2) is 7.24. The number of hydrogen-bond donors (Lipinski definition) is 2. The smallest absolute Gasteiger partial charge is 0.338 e. The van der Waals surface area contributed by atoms with Gasteiger partial charge in [-0.15, -0.1) is 0 Å². The monoisotopic (exact) mass is 348 g/mol. The van der Waals surface area contributed by atoms with E-state index >= 15 is 0 Å². The van der Waals surface area contributed by atoms with Crippen LogP contribution in [0.2, 0.25) is 0 Å². The van der Waals surface area contributed by atoms with Gasteiger partial charge in [0, 0.05) is 5.69 Å². The first-order chi connectivity index (χ1) is 11.3. The summed E-state index contributed by atoms with van der Waals surface area (Å²) in [6.07, 6.45) is 0. The zero-order valence-electron chi connectivity index (χ0n) is 12.9. The lowest BCUT2D eigenvalue weighted by molar-refractivity contribution is -0.119. The second-order valence-corrected chi connectivity index (χ2v) is 6.57. The fraction of sp³-hybridized carbons (Fsp3) is 0.125. The molecule has 0 radical (unpaired) electrons. The molecule has 0 aliphatic rings. The molecule has 24 heavy (non-hydrogen) atoms. The Labute approximate surface area is 139 Å². The molecule has 0 saturated carbocycles. The largest absolute Gasteiger partial charge is 0.452 e. The maximum absolute atomic E-state index is 11.9. The standard InChI is InChI=1S/C16H16N2O5S/c1-11-5-2-3-8-14(11)16(20)23-10-15(19)18-12-6-4-7-13(9-12)24(17,21)22/h2-9H,10H2,1H3,(H,18,19)(H2,17,21,22). The fourth-order valence-electron chi connectivity index (χ4n) is 1.96. The Hall–Kier alpha value is -2.71. The van der Waals surface area contributed by atoms with Gasteiger partial charge in [0.2, 0.25) is 10.0 Å². The van der Waals surface area contributed by atoms with Gasteiger partial charge in [-0.25, -0.2) is 18.4 Å². The summed E-state index contributed by atoms with van der Waals surface area (Å²) in [5.74, 6) is -1.20. The van der Waals surface area contributed by atoms with Crippen molar-refractivity contribution >= 4 is 27.6 Å². The number of nitrogens with two attached hydrogens (primary N) is 1. The predicted molar refractivity (Wildman–Crippen MR) is 87.9 cm³/mol. The number of primary sulfonamides is 1.